The first-order chi connectivity index (χ1) is 6.87. The molecule has 2 fully saturated rings. The van der Waals surface area contributed by atoms with Gasteiger partial charge in [-0.05, 0) is 37.0 Å². The molecule has 0 N–H and O–H groups in total. The van der Waals surface area contributed by atoms with Crippen LogP contribution in [0.1, 0.15) is 64.2 Å². The molecule has 0 aromatic heterocycles. The van der Waals surface area contributed by atoms with Crippen molar-refractivity contribution in [2.24, 2.45) is 11.3 Å². The quantitative estimate of drug-likeness (QED) is 0.646. The minimum atomic E-state index is 0.448. The van der Waals surface area contributed by atoms with E-state index in [4.69, 9.17) is 5.26 Å². The summed E-state index contributed by atoms with van der Waals surface area (Å²) in [6, 6.07) is 2.46. The summed E-state index contributed by atoms with van der Waals surface area (Å²) in [5.74, 6) is 0.891. The highest BCUT2D eigenvalue weighted by molar-refractivity contribution is 4.96. The van der Waals surface area contributed by atoms with Crippen LogP contribution in [0.2, 0.25) is 0 Å². The number of rotatable bonds is 2. The molecule has 0 unspecified atom stereocenters. The molecule has 1 nitrogen and oxygen atoms in total. The van der Waals surface area contributed by atoms with Crippen LogP contribution in [0.25, 0.3) is 0 Å². The monoisotopic (exact) mass is 191 g/mol. The third kappa shape index (κ3) is 1.80. The molecule has 2 saturated carbocycles. The van der Waals surface area contributed by atoms with Crippen molar-refractivity contribution in [1.29, 1.82) is 5.26 Å². The van der Waals surface area contributed by atoms with Gasteiger partial charge in [-0.15, -0.1) is 0 Å². The summed E-state index contributed by atoms with van der Waals surface area (Å²) in [5, 5.41) is 8.99. The molecule has 2 aliphatic rings. The zero-order valence-corrected chi connectivity index (χ0v) is 9.10. The fourth-order valence-electron chi connectivity index (χ4n) is 3.68. The van der Waals surface area contributed by atoms with Crippen molar-refractivity contribution >= 4 is 0 Å². The van der Waals surface area contributed by atoms with Crippen molar-refractivity contribution in [3.05, 3.63) is 0 Å². The highest BCUT2D eigenvalue weighted by atomic mass is 14.5. The van der Waals surface area contributed by atoms with Gasteiger partial charge in [0.15, 0.2) is 0 Å². The Morgan fingerprint density at radius 2 is 1.64 bits per heavy atom. The van der Waals surface area contributed by atoms with Crippen LogP contribution < -0.4 is 0 Å². The maximum Gasteiger partial charge on any atom is 0.0627 e. The molecule has 2 aliphatic carbocycles. The molecule has 0 aromatic rings. The molecule has 0 heterocycles. The van der Waals surface area contributed by atoms with Gasteiger partial charge in [0.25, 0.3) is 0 Å². The number of nitriles is 1. The van der Waals surface area contributed by atoms with E-state index in [0.717, 1.165) is 12.3 Å². The van der Waals surface area contributed by atoms with E-state index in [1.807, 2.05) is 0 Å². The average Bonchev–Trinajstić information content (AvgIpc) is 2.73. The van der Waals surface area contributed by atoms with Crippen LogP contribution in [-0.4, -0.2) is 0 Å². The van der Waals surface area contributed by atoms with Gasteiger partial charge < -0.3 is 0 Å². The van der Waals surface area contributed by atoms with Crippen molar-refractivity contribution in [3.63, 3.8) is 0 Å². The van der Waals surface area contributed by atoms with E-state index in [9.17, 15) is 0 Å². The summed E-state index contributed by atoms with van der Waals surface area (Å²) in [6.07, 6.45) is 13.3. The maximum atomic E-state index is 8.99. The van der Waals surface area contributed by atoms with Gasteiger partial charge in [0.05, 0.1) is 6.07 Å². The van der Waals surface area contributed by atoms with Crippen molar-refractivity contribution in [1.82, 2.24) is 0 Å². The number of hydrogen-bond acceptors (Lipinski definition) is 1. The first kappa shape index (κ1) is 10.0. The molecule has 1 heteroatoms. The smallest absolute Gasteiger partial charge is 0.0627 e. The van der Waals surface area contributed by atoms with Gasteiger partial charge in [-0.2, -0.15) is 5.26 Å². The van der Waals surface area contributed by atoms with Crippen LogP contribution in [0.3, 0.4) is 0 Å². The van der Waals surface area contributed by atoms with Gasteiger partial charge in [0.1, 0.15) is 0 Å². The van der Waals surface area contributed by atoms with Crippen molar-refractivity contribution in [2.75, 3.05) is 0 Å². The lowest BCUT2D eigenvalue weighted by Crippen LogP contribution is -2.31. The number of hydrogen-bond donors (Lipinski definition) is 0. The third-order valence-electron chi connectivity index (χ3n) is 4.50. The van der Waals surface area contributed by atoms with E-state index in [1.54, 1.807) is 0 Å². The average molecular weight is 191 g/mol. The van der Waals surface area contributed by atoms with Gasteiger partial charge in [-0.3, -0.25) is 0 Å². The molecule has 0 aliphatic heterocycles. The molecule has 0 radical (unpaired) electrons. The Kier molecular flexibility index (Phi) is 3.11. The highest BCUT2D eigenvalue weighted by Crippen LogP contribution is 2.51. The van der Waals surface area contributed by atoms with Gasteiger partial charge in [-0.25, -0.2) is 0 Å². The molecule has 0 atom stereocenters. The van der Waals surface area contributed by atoms with Crippen molar-refractivity contribution < 1.29 is 0 Å². The van der Waals surface area contributed by atoms with E-state index in [-0.39, 0.29) is 0 Å². The van der Waals surface area contributed by atoms with Crippen LogP contribution in [0.15, 0.2) is 0 Å². The molecular formula is C13H21N. The molecule has 2 rings (SSSR count). The number of nitrogens with zero attached hydrogens (tertiary/aromatic N) is 1. The molecule has 0 aromatic carbocycles. The van der Waals surface area contributed by atoms with E-state index >= 15 is 0 Å². The Morgan fingerprint density at radius 1 is 1.00 bits per heavy atom. The predicted octanol–water partition coefficient (Wildman–Crippen LogP) is 4.04. The Hall–Kier alpha value is -0.510. The Bertz CT molecular complexity index is 214. The summed E-state index contributed by atoms with van der Waals surface area (Å²) < 4.78 is 0. The lowest BCUT2D eigenvalue weighted by molar-refractivity contribution is 0.104. The Balaban J connectivity index is 2.07. The van der Waals surface area contributed by atoms with Gasteiger partial charge >= 0.3 is 0 Å². The molecule has 0 spiro atoms. The Labute approximate surface area is 87.5 Å². The molecule has 14 heavy (non-hydrogen) atoms. The fraction of sp³-hybridized carbons (Fsp3) is 0.923. The zero-order chi connectivity index (χ0) is 9.86. The van der Waals surface area contributed by atoms with E-state index < -0.39 is 0 Å². The van der Waals surface area contributed by atoms with Crippen molar-refractivity contribution in [2.45, 2.75) is 64.2 Å². The Morgan fingerprint density at radius 3 is 2.21 bits per heavy atom. The second-order valence-corrected chi connectivity index (χ2v) is 5.24. The predicted molar refractivity (Wildman–Crippen MR) is 57.7 cm³/mol. The van der Waals surface area contributed by atoms with Crippen LogP contribution in [0.4, 0.5) is 0 Å². The largest absolute Gasteiger partial charge is 0.198 e. The zero-order valence-electron chi connectivity index (χ0n) is 9.10. The minimum Gasteiger partial charge on any atom is -0.198 e. The van der Waals surface area contributed by atoms with Crippen LogP contribution in [0.5, 0.6) is 0 Å². The van der Waals surface area contributed by atoms with Crippen LogP contribution in [-0.2, 0) is 0 Å². The summed E-state index contributed by atoms with van der Waals surface area (Å²) in [4.78, 5) is 0. The highest BCUT2D eigenvalue weighted by Gasteiger charge is 2.40. The summed E-state index contributed by atoms with van der Waals surface area (Å²) in [7, 11) is 0. The topological polar surface area (TPSA) is 23.8 Å². The molecule has 0 amide bonds. The SMILES string of the molecule is N#CCC1(C2CCCC2)CCCCC1. The van der Waals surface area contributed by atoms with Gasteiger partial charge in [-0.1, -0.05) is 32.1 Å². The van der Waals surface area contributed by atoms with E-state index in [1.165, 1.54) is 57.8 Å². The fourth-order valence-corrected chi connectivity index (χ4v) is 3.68. The third-order valence-corrected chi connectivity index (χ3v) is 4.50. The van der Waals surface area contributed by atoms with Crippen LogP contribution in [0, 0.1) is 22.7 Å². The van der Waals surface area contributed by atoms with Crippen molar-refractivity contribution in [3.8, 4) is 6.07 Å². The molecule has 78 valence electrons. The first-order valence-electron chi connectivity index (χ1n) is 6.24. The normalized spacial score (nSPS) is 27.4. The van der Waals surface area contributed by atoms with Gasteiger partial charge in [0, 0.05) is 6.42 Å². The first-order valence-corrected chi connectivity index (χ1v) is 6.24. The minimum absolute atomic E-state index is 0.448. The second kappa shape index (κ2) is 4.34. The van der Waals surface area contributed by atoms with Gasteiger partial charge in [0.2, 0.25) is 0 Å². The van der Waals surface area contributed by atoms with E-state index in [0.29, 0.717) is 5.41 Å². The summed E-state index contributed by atoms with van der Waals surface area (Å²) in [6.45, 7) is 0. The second-order valence-electron chi connectivity index (χ2n) is 5.24. The molecule has 0 saturated heterocycles. The summed E-state index contributed by atoms with van der Waals surface area (Å²) >= 11 is 0. The van der Waals surface area contributed by atoms with E-state index in [2.05, 4.69) is 6.07 Å². The molecule has 0 bridgehead atoms. The standard InChI is InChI=1S/C13H21N/c14-11-10-13(8-4-1-5-9-13)12-6-2-3-7-12/h12H,1-10H2. The van der Waals surface area contributed by atoms with Crippen LogP contribution >= 0.6 is 0 Å². The molecular weight excluding hydrogens is 170 g/mol. The lowest BCUT2D eigenvalue weighted by atomic mass is 9.63. The lowest BCUT2D eigenvalue weighted by Gasteiger charge is -2.40. The maximum absolute atomic E-state index is 8.99. The summed E-state index contributed by atoms with van der Waals surface area (Å²) in [5.41, 5.74) is 0.448.